The van der Waals surface area contributed by atoms with Gasteiger partial charge in [0.05, 0.1) is 12.0 Å². The molecule has 1 atom stereocenters. The monoisotopic (exact) mass is 271 g/mol. The Hall–Kier alpha value is -1.07. The largest absolute Gasteiger partial charge is 0.496 e. The van der Waals surface area contributed by atoms with Crippen molar-refractivity contribution in [2.45, 2.75) is 44.6 Å². The van der Waals surface area contributed by atoms with Crippen molar-refractivity contribution in [3.05, 3.63) is 23.8 Å². The summed E-state index contributed by atoms with van der Waals surface area (Å²) in [4.78, 5) is 0.281. The highest BCUT2D eigenvalue weighted by Gasteiger charge is 2.17. The van der Waals surface area contributed by atoms with Gasteiger partial charge in [0.25, 0.3) is 0 Å². The smallest absolute Gasteiger partial charge is 0.240 e. The van der Waals surface area contributed by atoms with Gasteiger partial charge in [-0.05, 0) is 44.0 Å². The maximum absolute atomic E-state index is 12.1. The minimum absolute atomic E-state index is 0.0533. The van der Waals surface area contributed by atoms with Crippen LogP contribution in [0.2, 0.25) is 0 Å². The van der Waals surface area contributed by atoms with E-state index in [1.165, 1.54) is 0 Å². The lowest BCUT2D eigenvalue weighted by molar-refractivity contribution is 0.411. The zero-order chi connectivity index (χ0) is 13.8. The van der Waals surface area contributed by atoms with Crippen LogP contribution in [0.1, 0.15) is 32.3 Å². The van der Waals surface area contributed by atoms with Crippen molar-refractivity contribution >= 4 is 10.0 Å². The molecule has 1 aromatic rings. The molecule has 0 amide bonds. The summed E-state index contributed by atoms with van der Waals surface area (Å²) in [6, 6.07) is 4.81. The first-order chi connectivity index (χ1) is 8.40. The Bertz CT molecular complexity index is 497. The van der Waals surface area contributed by atoms with Crippen LogP contribution in [0.25, 0.3) is 0 Å². The number of sulfonamides is 1. The maximum atomic E-state index is 12.1. The molecule has 0 heterocycles. The maximum Gasteiger partial charge on any atom is 0.240 e. The van der Waals surface area contributed by atoms with Crippen LogP contribution >= 0.6 is 0 Å². The standard InChI is InChI=1S/C13H21NO3S/c1-5-6-11(3)14-18(15,16)12-7-8-13(17-4)10(2)9-12/h7-9,11,14H,5-6H2,1-4H3/t11-/m1/s1. The summed E-state index contributed by atoms with van der Waals surface area (Å²) in [5.74, 6) is 0.690. The molecule has 0 bridgehead atoms. The summed E-state index contributed by atoms with van der Waals surface area (Å²) in [5, 5.41) is 0. The average Bonchev–Trinajstić information content (AvgIpc) is 2.28. The molecule has 4 nitrogen and oxygen atoms in total. The van der Waals surface area contributed by atoms with E-state index in [-0.39, 0.29) is 10.9 Å². The fourth-order valence-electron chi connectivity index (χ4n) is 1.84. The van der Waals surface area contributed by atoms with Gasteiger partial charge < -0.3 is 4.74 Å². The highest BCUT2D eigenvalue weighted by molar-refractivity contribution is 7.89. The molecule has 0 saturated heterocycles. The van der Waals surface area contributed by atoms with Crippen molar-refractivity contribution in [1.82, 2.24) is 4.72 Å². The Balaban J connectivity index is 2.95. The van der Waals surface area contributed by atoms with Gasteiger partial charge in [-0.15, -0.1) is 0 Å². The second-order valence-electron chi connectivity index (χ2n) is 4.44. The van der Waals surface area contributed by atoms with Gasteiger partial charge in [0, 0.05) is 6.04 Å². The molecular formula is C13H21NO3S. The van der Waals surface area contributed by atoms with E-state index >= 15 is 0 Å². The van der Waals surface area contributed by atoms with Crippen molar-refractivity contribution in [2.75, 3.05) is 7.11 Å². The molecule has 0 unspecified atom stereocenters. The highest BCUT2D eigenvalue weighted by Crippen LogP contribution is 2.21. The van der Waals surface area contributed by atoms with Gasteiger partial charge in [-0.25, -0.2) is 13.1 Å². The number of hydrogen-bond acceptors (Lipinski definition) is 3. The van der Waals surface area contributed by atoms with E-state index in [0.29, 0.717) is 5.75 Å². The molecule has 1 rings (SSSR count). The fourth-order valence-corrected chi connectivity index (χ4v) is 3.21. The number of hydrogen-bond donors (Lipinski definition) is 1. The lowest BCUT2D eigenvalue weighted by Gasteiger charge is -2.14. The van der Waals surface area contributed by atoms with Crippen LogP contribution in [-0.2, 0) is 10.0 Å². The molecule has 1 N–H and O–H groups in total. The molecule has 0 aromatic heterocycles. The van der Waals surface area contributed by atoms with Gasteiger partial charge in [-0.2, -0.15) is 0 Å². The van der Waals surface area contributed by atoms with Crippen LogP contribution in [0.4, 0.5) is 0 Å². The molecule has 0 radical (unpaired) electrons. The Morgan fingerprint density at radius 1 is 1.39 bits per heavy atom. The minimum Gasteiger partial charge on any atom is -0.496 e. The van der Waals surface area contributed by atoms with E-state index < -0.39 is 10.0 Å². The van der Waals surface area contributed by atoms with Gasteiger partial charge in [-0.1, -0.05) is 13.3 Å². The number of ether oxygens (including phenoxy) is 1. The Morgan fingerprint density at radius 3 is 2.56 bits per heavy atom. The van der Waals surface area contributed by atoms with E-state index in [1.54, 1.807) is 25.3 Å². The van der Waals surface area contributed by atoms with E-state index in [2.05, 4.69) is 4.72 Å². The van der Waals surface area contributed by atoms with Gasteiger partial charge in [0.15, 0.2) is 0 Å². The van der Waals surface area contributed by atoms with Crippen LogP contribution < -0.4 is 9.46 Å². The van der Waals surface area contributed by atoms with Crippen LogP contribution in [0.3, 0.4) is 0 Å². The van der Waals surface area contributed by atoms with Crippen LogP contribution in [0, 0.1) is 6.92 Å². The lowest BCUT2D eigenvalue weighted by atomic mass is 10.2. The first kappa shape index (κ1) is 15.0. The number of rotatable bonds is 6. The van der Waals surface area contributed by atoms with Crippen molar-refractivity contribution in [3.8, 4) is 5.75 Å². The van der Waals surface area contributed by atoms with E-state index in [0.717, 1.165) is 18.4 Å². The van der Waals surface area contributed by atoms with Crippen molar-refractivity contribution in [2.24, 2.45) is 0 Å². The SMILES string of the molecule is CCC[C@@H](C)NS(=O)(=O)c1ccc(OC)c(C)c1. The Morgan fingerprint density at radius 2 is 2.06 bits per heavy atom. The molecule has 0 aliphatic heterocycles. The van der Waals surface area contributed by atoms with Crippen molar-refractivity contribution in [1.29, 1.82) is 0 Å². The normalized spacial score (nSPS) is 13.3. The zero-order valence-electron chi connectivity index (χ0n) is 11.4. The highest BCUT2D eigenvalue weighted by atomic mass is 32.2. The number of benzene rings is 1. The van der Waals surface area contributed by atoms with Crippen LogP contribution in [0.5, 0.6) is 5.75 Å². The third-order valence-corrected chi connectivity index (χ3v) is 4.34. The van der Waals surface area contributed by atoms with E-state index in [9.17, 15) is 8.42 Å². The Labute approximate surface area is 109 Å². The number of aryl methyl sites for hydroxylation is 1. The van der Waals surface area contributed by atoms with Crippen molar-refractivity contribution < 1.29 is 13.2 Å². The first-order valence-corrected chi connectivity index (χ1v) is 7.56. The predicted octanol–water partition coefficient (Wildman–Crippen LogP) is 2.47. The first-order valence-electron chi connectivity index (χ1n) is 6.07. The Kier molecular flexibility index (Phi) is 5.16. The third-order valence-electron chi connectivity index (χ3n) is 2.75. The summed E-state index contributed by atoms with van der Waals surface area (Å²) in [7, 11) is -1.87. The second kappa shape index (κ2) is 6.20. The van der Waals surface area contributed by atoms with Crippen LogP contribution in [-0.4, -0.2) is 21.6 Å². The predicted molar refractivity (Wildman–Crippen MR) is 72.4 cm³/mol. The molecule has 18 heavy (non-hydrogen) atoms. The summed E-state index contributed by atoms with van der Waals surface area (Å²) < 4.78 is 32.0. The molecule has 1 aromatic carbocycles. The minimum atomic E-state index is -3.43. The molecule has 0 aliphatic rings. The summed E-state index contributed by atoms with van der Waals surface area (Å²) >= 11 is 0. The van der Waals surface area contributed by atoms with Gasteiger partial charge in [0.2, 0.25) is 10.0 Å². The van der Waals surface area contributed by atoms with Gasteiger partial charge in [-0.3, -0.25) is 0 Å². The summed E-state index contributed by atoms with van der Waals surface area (Å²) in [5.41, 5.74) is 0.809. The van der Waals surface area contributed by atoms with Crippen LogP contribution in [0.15, 0.2) is 23.1 Å². The topological polar surface area (TPSA) is 55.4 Å². The summed E-state index contributed by atoms with van der Waals surface area (Å²) in [6.07, 6.45) is 1.78. The van der Waals surface area contributed by atoms with Gasteiger partial charge >= 0.3 is 0 Å². The third kappa shape index (κ3) is 3.71. The zero-order valence-corrected chi connectivity index (χ0v) is 12.2. The average molecular weight is 271 g/mol. The van der Waals surface area contributed by atoms with Gasteiger partial charge in [0.1, 0.15) is 5.75 Å². The molecule has 5 heteroatoms. The number of methoxy groups -OCH3 is 1. The van der Waals surface area contributed by atoms with E-state index in [4.69, 9.17) is 4.74 Å². The van der Waals surface area contributed by atoms with E-state index in [1.807, 2.05) is 20.8 Å². The quantitative estimate of drug-likeness (QED) is 0.864. The molecule has 102 valence electrons. The van der Waals surface area contributed by atoms with Crippen molar-refractivity contribution in [3.63, 3.8) is 0 Å². The molecule has 0 saturated carbocycles. The summed E-state index contributed by atoms with van der Waals surface area (Å²) in [6.45, 7) is 5.73. The molecule has 0 aliphatic carbocycles. The second-order valence-corrected chi connectivity index (χ2v) is 6.16. The molecular weight excluding hydrogens is 250 g/mol. The fraction of sp³-hybridized carbons (Fsp3) is 0.538. The molecule has 0 spiro atoms. The lowest BCUT2D eigenvalue weighted by Crippen LogP contribution is -2.32. The molecule has 0 fully saturated rings. The number of nitrogens with one attached hydrogen (secondary N) is 1.